The van der Waals surface area contributed by atoms with Gasteiger partial charge in [-0.05, 0) is 61.6 Å². The molecular formula is C22H24N2O2S. The van der Waals surface area contributed by atoms with E-state index in [2.05, 4.69) is 32.1 Å². The highest BCUT2D eigenvalue weighted by molar-refractivity contribution is 7.18. The van der Waals surface area contributed by atoms with Gasteiger partial charge in [-0.1, -0.05) is 25.5 Å². The summed E-state index contributed by atoms with van der Waals surface area (Å²) in [6, 6.07) is 8.14. The maximum atomic E-state index is 12.9. The van der Waals surface area contributed by atoms with Crippen molar-refractivity contribution in [3.8, 4) is 5.75 Å². The lowest BCUT2D eigenvalue weighted by Gasteiger charge is -2.06. The van der Waals surface area contributed by atoms with Crippen molar-refractivity contribution in [3.05, 3.63) is 56.4 Å². The number of benzene rings is 1. The van der Waals surface area contributed by atoms with Crippen LogP contribution in [0.5, 0.6) is 5.75 Å². The van der Waals surface area contributed by atoms with Gasteiger partial charge in [-0.3, -0.25) is 9.36 Å². The molecule has 3 aromatic rings. The first-order chi connectivity index (χ1) is 13.1. The number of fused-ring (bicyclic) bond motifs is 2. The number of ether oxygens (including phenoxy) is 1. The summed E-state index contributed by atoms with van der Waals surface area (Å²) in [6.45, 7) is 7.68. The SMILES string of the molecule is CCCCOc1ccc(/C=C2\CCn3c2nc2sc(C)c(C)c2c3=O)cc1. The third-order valence-electron chi connectivity index (χ3n) is 5.17. The first kappa shape index (κ1) is 18.0. The first-order valence-corrected chi connectivity index (χ1v) is 10.3. The van der Waals surface area contributed by atoms with Crippen LogP contribution in [0.25, 0.3) is 21.9 Å². The number of aryl methyl sites for hydroxylation is 2. The van der Waals surface area contributed by atoms with Crippen LogP contribution in [0, 0.1) is 13.8 Å². The van der Waals surface area contributed by atoms with Crippen LogP contribution in [0.2, 0.25) is 0 Å². The lowest BCUT2D eigenvalue weighted by molar-refractivity contribution is 0.309. The van der Waals surface area contributed by atoms with Crippen molar-refractivity contribution in [2.24, 2.45) is 0 Å². The molecule has 0 saturated heterocycles. The Hall–Kier alpha value is -2.40. The Balaban J connectivity index is 1.66. The van der Waals surface area contributed by atoms with Gasteiger partial charge in [-0.25, -0.2) is 4.98 Å². The third-order valence-corrected chi connectivity index (χ3v) is 6.27. The van der Waals surface area contributed by atoms with Gasteiger partial charge in [0, 0.05) is 11.4 Å². The molecule has 0 spiro atoms. The molecule has 0 fully saturated rings. The summed E-state index contributed by atoms with van der Waals surface area (Å²) in [5, 5.41) is 0.788. The Morgan fingerprint density at radius 2 is 2.04 bits per heavy atom. The molecular weight excluding hydrogens is 356 g/mol. The van der Waals surface area contributed by atoms with Crippen molar-refractivity contribution in [2.45, 2.75) is 46.6 Å². The van der Waals surface area contributed by atoms with E-state index in [0.29, 0.717) is 6.54 Å². The zero-order valence-corrected chi connectivity index (χ0v) is 16.9. The van der Waals surface area contributed by atoms with Crippen LogP contribution in [0.4, 0.5) is 0 Å². The summed E-state index contributed by atoms with van der Waals surface area (Å²) in [7, 11) is 0. The second-order valence-corrected chi connectivity index (χ2v) is 8.25. The Bertz CT molecular complexity index is 1070. The number of nitrogens with zero attached hydrogens (tertiary/aromatic N) is 2. The molecule has 1 aliphatic rings. The zero-order chi connectivity index (χ0) is 19.0. The normalized spacial score (nSPS) is 14.9. The molecule has 5 heteroatoms. The van der Waals surface area contributed by atoms with E-state index in [9.17, 15) is 4.79 Å². The molecule has 3 heterocycles. The van der Waals surface area contributed by atoms with Crippen molar-refractivity contribution in [1.82, 2.24) is 9.55 Å². The molecule has 140 valence electrons. The summed E-state index contributed by atoms with van der Waals surface area (Å²) in [5.41, 5.74) is 3.39. The molecule has 2 aromatic heterocycles. The minimum atomic E-state index is 0.0972. The van der Waals surface area contributed by atoms with Crippen molar-refractivity contribution in [1.29, 1.82) is 0 Å². The molecule has 0 saturated carbocycles. The van der Waals surface area contributed by atoms with E-state index in [1.54, 1.807) is 11.3 Å². The summed E-state index contributed by atoms with van der Waals surface area (Å²) in [4.78, 5) is 19.8. The first-order valence-electron chi connectivity index (χ1n) is 9.53. The molecule has 1 aromatic carbocycles. The fourth-order valence-corrected chi connectivity index (χ4v) is 4.48. The predicted octanol–water partition coefficient (Wildman–Crippen LogP) is 5.20. The van der Waals surface area contributed by atoms with Crippen LogP contribution in [0.15, 0.2) is 29.1 Å². The van der Waals surface area contributed by atoms with Crippen LogP contribution in [0.3, 0.4) is 0 Å². The molecule has 0 radical (unpaired) electrons. The second-order valence-electron chi connectivity index (χ2n) is 7.05. The van der Waals surface area contributed by atoms with Crippen molar-refractivity contribution < 1.29 is 4.74 Å². The monoisotopic (exact) mass is 380 g/mol. The average molecular weight is 381 g/mol. The quantitative estimate of drug-likeness (QED) is 0.572. The highest BCUT2D eigenvalue weighted by Gasteiger charge is 2.23. The number of rotatable bonds is 5. The van der Waals surface area contributed by atoms with Crippen LogP contribution in [-0.2, 0) is 6.54 Å². The van der Waals surface area contributed by atoms with Gasteiger partial charge >= 0.3 is 0 Å². The van der Waals surface area contributed by atoms with E-state index in [-0.39, 0.29) is 5.56 Å². The fourth-order valence-electron chi connectivity index (χ4n) is 3.46. The third kappa shape index (κ3) is 3.32. The molecule has 0 N–H and O–H groups in total. The molecule has 0 unspecified atom stereocenters. The van der Waals surface area contributed by atoms with Crippen molar-refractivity contribution in [3.63, 3.8) is 0 Å². The molecule has 0 bridgehead atoms. The molecule has 0 aliphatic carbocycles. The maximum Gasteiger partial charge on any atom is 0.262 e. The number of allylic oxidation sites excluding steroid dienone is 1. The Morgan fingerprint density at radius 1 is 1.26 bits per heavy atom. The number of hydrogen-bond acceptors (Lipinski definition) is 4. The van der Waals surface area contributed by atoms with Crippen LogP contribution < -0.4 is 10.3 Å². The van der Waals surface area contributed by atoms with Gasteiger partial charge in [0.1, 0.15) is 16.4 Å². The fraction of sp³-hybridized carbons (Fsp3) is 0.364. The molecule has 1 aliphatic heterocycles. The lowest BCUT2D eigenvalue weighted by atomic mass is 10.1. The van der Waals surface area contributed by atoms with E-state index >= 15 is 0 Å². The van der Waals surface area contributed by atoms with E-state index < -0.39 is 0 Å². The molecule has 0 atom stereocenters. The van der Waals surface area contributed by atoms with Gasteiger partial charge in [0.15, 0.2) is 0 Å². The van der Waals surface area contributed by atoms with Crippen molar-refractivity contribution in [2.75, 3.05) is 6.61 Å². The Morgan fingerprint density at radius 3 is 2.78 bits per heavy atom. The lowest BCUT2D eigenvalue weighted by Crippen LogP contribution is -2.20. The summed E-state index contributed by atoms with van der Waals surface area (Å²) < 4.78 is 7.56. The number of thiophene rings is 1. The largest absolute Gasteiger partial charge is 0.494 e. The van der Waals surface area contributed by atoms with Gasteiger partial charge in [0.05, 0.1) is 12.0 Å². The van der Waals surface area contributed by atoms with Crippen LogP contribution in [0.1, 0.15) is 48.0 Å². The van der Waals surface area contributed by atoms with Crippen LogP contribution in [-0.4, -0.2) is 16.2 Å². The van der Waals surface area contributed by atoms with E-state index in [0.717, 1.165) is 64.4 Å². The summed E-state index contributed by atoms with van der Waals surface area (Å²) in [6.07, 6.45) is 5.18. The number of unbranched alkanes of at least 4 members (excludes halogenated alkanes) is 1. The van der Waals surface area contributed by atoms with Crippen LogP contribution >= 0.6 is 11.3 Å². The van der Waals surface area contributed by atoms with E-state index in [1.165, 1.54) is 4.88 Å². The molecule has 0 amide bonds. The number of hydrogen-bond donors (Lipinski definition) is 0. The summed E-state index contributed by atoms with van der Waals surface area (Å²) in [5.74, 6) is 1.72. The Labute approximate surface area is 163 Å². The standard InChI is InChI=1S/C22H24N2O2S/c1-4-5-12-26-18-8-6-16(7-9-18)13-17-10-11-24-20(17)23-21-19(22(24)25)14(2)15(3)27-21/h6-9,13H,4-5,10-12H2,1-3H3/b17-13+. The zero-order valence-electron chi connectivity index (χ0n) is 16.0. The van der Waals surface area contributed by atoms with Gasteiger partial charge in [0.2, 0.25) is 0 Å². The minimum Gasteiger partial charge on any atom is -0.494 e. The minimum absolute atomic E-state index is 0.0972. The number of aromatic nitrogens is 2. The van der Waals surface area contributed by atoms with Gasteiger partial charge in [0.25, 0.3) is 5.56 Å². The highest BCUT2D eigenvalue weighted by Crippen LogP contribution is 2.32. The molecule has 27 heavy (non-hydrogen) atoms. The van der Waals surface area contributed by atoms with Gasteiger partial charge < -0.3 is 4.74 Å². The average Bonchev–Trinajstić information content (AvgIpc) is 3.18. The second kappa shape index (κ2) is 7.31. The van der Waals surface area contributed by atoms with Crippen molar-refractivity contribution >= 4 is 33.2 Å². The molecule has 4 nitrogen and oxygen atoms in total. The Kier molecular flexibility index (Phi) is 4.87. The van der Waals surface area contributed by atoms with Gasteiger partial charge in [-0.2, -0.15) is 0 Å². The van der Waals surface area contributed by atoms with Gasteiger partial charge in [-0.15, -0.1) is 11.3 Å². The molecule has 4 rings (SSSR count). The smallest absolute Gasteiger partial charge is 0.262 e. The predicted molar refractivity (Wildman–Crippen MR) is 113 cm³/mol. The highest BCUT2D eigenvalue weighted by atomic mass is 32.1. The maximum absolute atomic E-state index is 12.9. The summed E-state index contributed by atoms with van der Waals surface area (Å²) >= 11 is 1.61. The topological polar surface area (TPSA) is 44.1 Å². The van der Waals surface area contributed by atoms with E-state index in [4.69, 9.17) is 9.72 Å². The van der Waals surface area contributed by atoms with E-state index in [1.807, 2.05) is 23.6 Å².